The van der Waals surface area contributed by atoms with E-state index in [1.54, 1.807) is 12.2 Å². The summed E-state index contributed by atoms with van der Waals surface area (Å²) in [6.45, 7) is 23.3. The third-order valence-electron chi connectivity index (χ3n) is 24.6. The molecular formula is C84H90F2N2Si. The van der Waals surface area contributed by atoms with Crippen molar-refractivity contribution in [2.45, 2.75) is 141 Å². The molecule has 0 bridgehead atoms. The minimum atomic E-state index is -2.09. The molecule has 1 saturated carbocycles. The lowest BCUT2D eigenvalue weighted by molar-refractivity contribution is 0.0141. The number of fused-ring (bicyclic) bond motifs is 8. The van der Waals surface area contributed by atoms with Gasteiger partial charge in [0.25, 0.3) is 0 Å². The molecule has 0 aromatic heterocycles. The molecule has 0 N–H and O–H groups in total. The summed E-state index contributed by atoms with van der Waals surface area (Å²) in [5.74, 6) is 3.59. The first kappa shape index (κ1) is 58.3. The normalized spacial score (nSPS) is 35.1. The Bertz CT molecular complexity index is 3940. The Labute approximate surface area is 531 Å². The van der Waals surface area contributed by atoms with Crippen LogP contribution in [0.15, 0.2) is 275 Å². The third-order valence-corrected chi connectivity index (χ3v) is 28.7. The van der Waals surface area contributed by atoms with Crippen LogP contribution < -0.4 is 10.1 Å². The van der Waals surface area contributed by atoms with E-state index in [1.165, 1.54) is 78.0 Å². The highest BCUT2D eigenvalue weighted by atomic mass is 28.3. The number of halogens is 2. The van der Waals surface area contributed by atoms with Gasteiger partial charge in [-0.2, -0.15) is 0 Å². The van der Waals surface area contributed by atoms with Gasteiger partial charge < -0.3 is 9.80 Å². The largest absolute Gasteiger partial charge is 0.338 e. The summed E-state index contributed by atoms with van der Waals surface area (Å²) in [6.07, 6.45) is 69.8. The highest BCUT2D eigenvalue weighted by Crippen LogP contribution is 2.70. The standard InChI is InChI=1S/C84H90F2N2Si/c1-9-57-23-27-59(28-24-57)83(77-47-53(3)19-21-55(77)5)75-17-13-11-15-69(75)71-43-39-67(51-79(71)83)87(63-35-31-61(85)32-36-63)65-41-45-81-73(49-65)74-50-66(42-46-82(74)89(81,7)8)88(64-37-33-62(86)34-38-64)68-40-44-72-70-16-12-14-18-76(70)84(80(72)52-68,60-29-25-58(10-2)26-30-60)78-48-54(4)20-22-56(78)6/h9-21,23,25,29-31,33,35,37,39-46,49-51,56,58-59,68-69,71,74-75,77-79,82H,1-2,22,24,26-28,32,34,36,38,47-48,52H2,3-8H3. The van der Waals surface area contributed by atoms with Gasteiger partial charge in [0, 0.05) is 52.7 Å². The van der Waals surface area contributed by atoms with Crippen molar-refractivity contribution in [3.63, 3.8) is 0 Å². The molecule has 2 aromatic rings. The molecule has 1 heterocycles. The number of allylic oxidation sites excluding steroid dienone is 34. The van der Waals surface area contributed by atoms with Gasteiger partial charge in [-0.15, -0.1) is 6.58 Å². The predicted octanol–water partition coefficient (Wildman–Crippen LogP) is 21.3. The molecule has 0 saturated heterocycles. The van der Waals surface area contributed by atoms with Gasteiger partial charge in [-0.25, -0.2) is 8.78 Å². The van der Waals surface area contributed by atoms with E-state index >= 15 is 8.78 Å². The quantitative estimate of drug-likeness (QED) is 0.154. The zero-order valence-corrected chi connectivity index (χ0v) is 54.5. The molecule has 454 valence electrons. The van der Waals surface area contributed by atoms with E-state index in [2.05, 4.69) is 246 Å². The molecule has 0 amide bonds. The van der Waals surface area contributed by atoms with Crippen LogP contribution in [0.1, 0.15) is 127 Å². The maximum Gasteiger partial charge on any atom is 0.100 e. The van der Waals surface area contributed by atoms with Crippen molar-refractivity contribution in [3.8, 4) is 0 Å². The lowest BCUT2D eigenvalue weighted by atomic mass is 9.50. The van der Waals surface area contributed by atoms with Gasteiger partial charge in [-0.3, -0.25) is 0 Å². The SMILES string of the molecule is C=CC1=CCC(C2(C3CC(C)=CC=C3C)C3C=CC=CC3C3C=CC(N(C4=CC=C(F)CC4)c4ccc5c(c4)C4C=C(N(C6=CC=C(F)CC6)C6C=CC7=C(C6)C(C6=CCC(C=C)C=C6)(C6CC(C)=CCC6C)c6ccccc67)C=CC4[Si]5(C)C)=CC32)CC1. The fourth-order valence-corrected chi connectivity index (χ4v) is 24.0. The molecule has 13 aliphatic rings. The van der Waals surface area contributed by atoms with Gasteiger partial charge in [0.05, 0.1) is 14.1 Å². The van der Waals surface area contributed by atoms with Crippen LogP contribution in [0.4, 0.5) is 14.5 Å². The number of anilines is 1. The number of nitrogens with zero attached hydrogens (tertiary/aromatic N) is 2. The minimum Gasteiger partial charge on any atom is -0.338 e. The molecular weight excluding hydrogens is 1100 g/mol. The fraction of sp³-hybridized carbons (Fsp3) is 0.381. The second-order valence-electron chi connectivity index (χ2n) is 29.4. The Morgan fingerprint density at radius 3 is 2.21 bits per heavy atom. The Morgan fingerprint density at radius 1 is 0.674 bits per heavy atom. The topological polar surface area (TPSA) is 6.48 Å². The molecule has 14 atom stereocenters. The van der Waals surface area contributed by atoms with Crippen LogP contribution in [0.5, 0.6) is 0 Å². The van der Waals surface area contributed by atoms with Gasteiger partial charge in [-0.05, 0) is 231 Å². The molecule has 89 heavy (non-hydrogen) atoms. The molecule has 5 heteroatoms. The minimum absolute atomic E-state index is 0.00726. The number of hydrogen-bond donors (Lipinski definition) is 0. The van der Waals surface area contributed by atoms with Crippen LogP contribution in [0.3, 0.4) is 0 Å². The van der Waals surface area contributed by atoms with Crippen molar-refractivity contribution in [1.82, 2.24) is 4.90 Å². The molecule has 2 aromatic carbocycles. The summed E-state index contributed by atoms with van der Waals surface area (Å²) >= 11 is 0. The van der Waals surface area contributed by atoms with Crippen molar-refractivity contribution in [1.29, 1.82) is 0 Å². The van der Waals surface area contributed by atoms with Crippen LogP contribution in [0.25, 0.3) is 5.57 Å². The van der Waals surface area contributed by atoms with Gasteiger partial charge in [-0.1, -0.05) is 200 Å². The van der Waals surface area contributed by atoms with Gasteiger partial charge in [0.15, 0.2) is 0 Å². The molecule has 0 spiro atoms. The second-order valence-corrected chi connectivity index (χ2v) is 34.1. The Balaban J connectivity index is 0.843. The molecule has 1 aliphatic heterocycles. The highest BCUT2D eigenvalue weighted by Gasteiger charge is 2.64. The Kier molecular flexibility index (Phi) is 14.9. The van der Waals surface area contributed by atoms with E-state index in [-0.39, 0.29) is 40.4 Å². The number of benzene rings is 2. The van der Waals surface area contributed by atoms with Crippen LogP contribution in [0, 0.1) is 58.7 Å². The smallest absolute Gasteiger partial charge is 0.100 e. The summed E-state index contributed by atoms with van der Waals surface area (Å²) in [5, 5.41) is 1.52. The first-order valence-electron chi connectivity index (χ1n) is 34.1. The molecule has 12 aliphatic carbocycles. The van der Waals surface area contributed by atoms with Crippen molar-refractivity contribution in [2.24, 2.45) is 58.7 Å². The first-order valence-corrected chi connectivity index (χ1v) is 37.1. The van der Waals surface area contributed by atoms with Gasteiger partial charge >= 0.3 is 0 Å². The lowest BCUT2D eigenvalue weighted by Crippen LogP contribution is -2.48. The fourth-order valence-electron chi connectivity index (χ4n) is 20.4. The summed E-state index contributed by atoms with van der Waals surface area (Å²) in [4.78, 5) is 5.19. The Hall–Kier alpha value is -7.08. The van der Waals surface area contributed by atoms with Crippen molar-refractivity contribution in [3.05, 3.63) is 292 Å². The average Bonchev–Trinajstić information content (AvgIpc) is 1.57. The molecule has 14 unspecified atom stereocenters. The second kappa shape index (κ2) is 22.7. The van der Waals surface area contributed by atoms with Gasteiger partial charge in [0.1, 0.15) is 11.7 Å². The van der Waals surface area contributed by atoms with E-state index in [0.717, 1.165) is 62.8 Å². The summed E-state index contributed by atoms with van der Waals surface area (Å²) in [7, 11) is -2.09. The summed E-state index contributed by atoms with van der Waals surface area (Å²) < 4.78 is 30.7. The van der Waals surface area contributed by atoms with E-state index in [0.29, 0.717) is 78.6 Å². The van der Waals surface area contributed by atoms with Crippen molar-refractivity contribution in [2.75, 3.05) is 4.90 Å². The summed E-state index contributed by atoms with van der Waals surface area (Å²) in [5.41, 5.74) is 20.4. The van der Waals surface area contributed by atoms with E-state index in [9.17, 15) is 0 Å². The Morgan fingerprint density at radius 2 is 1.46 bits per heavy atom. The maximum absolute atomic E-state index is 15.4. The highest BCUT2D eigenvalue weighted by molar-refractivity contribution is 6.93. The average molecular weight is 1190 g/mol. The van der Waals surface area contributed by atoms with Crippen LogP contribution >= 0.6 is 0 Å². The van der Waals surface area contributed by atoms with Crippen molar-refractivity contribution < 1.29 is 8.78 Å². The van der Waals surface area contributed by atoms with E-state index < -0.39 is 8.07 Å². The first-order chi connectivity index (χ1) is 43.2. The number of hydrogen-bond acceptors (Lipinski definition) is 2. The van der Waals surface area contributed by atoms with Gasteiger partial charge in [0.2, 0.25) is 0 Å². The van der Waals surface area contributed by atoms with E-state index in [1.807, 2.05) is 0 Å². The summed E-state index contributed by atoms with van der Waals surface area (Å²) in [6, 6.07) is 16.8. The van der Waals surface area contributed by atoms with Crippen LogP contribution in [-0.2, 0) is 5.41 Å². The van der Waals surface area contributed by atoms with E-state index in [4.69, 9.17) is 0 Å². The zero-order valence-electron chi connectivity index (χ0n) is 53.5. The molecule has 1 fully saturated rings. The van der Waals surface area contributed by atoms with Crippen molar-refractivity contribution >= 4 is 24.5 Å². The van der Waals surface area contributed by atoms with Crippen LogP contribution in [-0.4, -0.2) is 19.0 Å². The maximum atomic E-state index is 15.4. The third kappa shape index (κ3) is 9.29. The zero-order chi connectivity index (χ0) is 61.1. The monoisotopic (exact) mass is 1190 g/mol. The number of rotatable bonds is 12. The molecule has 0 radical (unpaired) electrons. The lowest BCUT2D eigenvalue weighted by Gasteiger charge is -2.54. The van der Waals surface area contributed by atoms with Crippen LogP contribution in [0.2, 0.25) is 18.6 Å². The molecule has 15 rings (SSSR count). The molecule has 2 nitrogen and oxygen atoms in total. The predicted molar refractivity (Wildman–Crippen MR) is 372 cm³/mol.